The van der Waals surface area contributed by atoms with E-state index < -0.39 is 11.8 Å². The number of ether oxygens (including phenoxy) is 3. The van der Waals surface area contributed by atoms with E-state index >= 15 is 0 Å². The number of carbonyl (C=O) groups excluding carboxylic acids is 2. The van der Waals surface area contributed by atoms with Gasteiger partial charge in [0.25, 0.3) is 5.78 Å². The summed E-state index contributed by atoms with van der Waals surface area (Å²) in [4.78, 5) is 23.7. The van der Waals surface area contributed by atoms with Crippen molar-refractivity contribution in [3.05, 3.63) is 22.8 Å². The Bertz CT molecular complexity index is 505. The maximum Gasteiger partial charge on any atom is 0.379 e. The Hall–Kier alpha value is -2.04. The Morgan fingerprint density at radius 1 is 1.16 bits per heavy atom. The minimum absolute atomic E-state index is 0.154. The summed E-state index contributed by atoms with van der Waals surface area (Å²) >= 11 is 0. The SMILES string of the molecule is CCOC(=O)C(=O)c1c(C)cc(OC)c(C)c1OC. The maximum atomic E-state index is 12.1. The molecular weight excluding hydrogens is 248 g/mol. The van der Waals surface area contributed by atoms with Crippen LogP contribution in [0.5, 0.6) is 11.5 Å². The first-order chi connectivity index (χ1) is 8.97. The number of aryl methyl sites for hydroxylation is 1. The smallest absolute Gasteiger partial charge is 0.379 e. The van der Waals surface area contributed by atoms with E-state index in [1.165, 1.54) is 14.2 Å². The number of esters is 1. The second-order valence-electron chi connectivity index (χ2n) is 3.98. The monoisotopic (exact) mass is 266 g/mol. The van der Waals surface area contributed by atoms with Gasteiger partial charge in [-0.2, -0.15) is 0 Å². The number of benzene rings is 1. The number of Topliss-reactive ketones (excluding diaryl/α,β-unsaturated/α-hetero) is 1. The minimum atomic E-state index is -0.881. The van der Waals surface area contributed by atoms with Crippen LogP contribution in [-0.4, -0.2) is 32.6 Å². The van der Waals surface area contributed by atoms with Gasteiger partial charge in [0.15, 0.2) is 0 Å². The van der Waals surface area contributed by atoms with E-state index in [0.717, 1.165) is 0 Å². The predicted octanol–water partition coefficient (Wildman–Crippen LogP) is 2.07. The molecule has 0 N–H and O–H groups in total. The Labute approximate surface area is 112 Å². The number of carbonyl (C=O) groups is 2. The number of ketones is 1. The van der Waals surface area contributed by atoms with Crippen LogP contribution < -0.4 is 9.47 Å². The first-order valence-electron chi connectivity index (χ1n) is 5.91. The predicted molar refractivity (Wildman–Crippen MR) is 70.0 cm³/mol. The topological polar surface area (TPSA) is 61.8 Å². The highest BCUT2D eigenvalue weighted by molar-refractivity contribution is 6.41. The quantitative estimate of drug-likeness (QED) is 0.464. The van der Waals surface area contributed by atoms with Gasteiger partial charge in [0, 0.05) is 5.56 Å². The average molecular weight is 266 g/mol. The first kappa shape index (κ1) is 15.0. The van der Waals surface area contributed by atoms with Gasteiger partial charge in [-0.05, 0) is 32.4 Å². The van der Waals surface area contributed by atoms with Crippen LogP contribution in [0.4, 0.5) is 0 Å². The third-order valence-electron chi connectivity index (χ3n) is 2.79. The van der Waals surface area contributed by atoms with Gasteiger partial charge >= 0.3 is 5.97 Å². The molecular formula is C14H18O5. The van der Waals surface area contributed by atoms with E-state index in [0.29, 0.717) is 22.6 Å². The number of methoxy groups -OCH3 is 2. The Morgan fingerprint density at radius 2 is 1.79 bits per heavy atom. The molecule has 0 radical (unpaired) electrons. The van der Waals surface area contributed by atoms with Crippen molar-refractivity contribution in [2.45, 2.75) is 20.8 Å². The molecule has 0 aromatic heterocycles. The standard InChI is InChI=1S/C14H18O5/c1-6-19-14(16)12(15)11-8(2)7-10(17-4)9(3)13(11)18-5/h7H,6H2,1-5H3. The molecule has 1 aromatic rings. The number of rotatable bonds is 5. The second-order valence-corrected chi connectivity index (χ2v) is 3.98. The van der Waals surface area contributed by atoms with Crippen molar-refractivity contribution in [1.82, 2.24) is 0 Å². The fourth-order valence-electron chi connectivity index (χ4n) is 1.90. The van der Waals surface area contributed by atoms with E-state index in [1.54, 1.807) is 26.8 Å². The van der Waals surface area contributed by atoms with Crippen LogP contribution in [0, 0.1) is 13.8 Å². The highest BCUT2D eigenvalue weighted by Crippen LogP contribution is 2.34. The van der Waals surface area contributed by atoms with Crippen LogP contribution in [-0.2, 0) is 9.53 Å². The summed E-state index contributed by atoms with van der Waals surface area (Å²) in [5, 5.41) is 0. The summed E-state index contributed by atoms with van der Waals surface area (Å²) in [5.74, 6) is -0.639. The third-order valence-corrected chi connectivity index (χ3v) is 2.79. The van der Waals surface area contributed by atoms with E-state index in [9.17, 15) is 9.59 Å². The molecule has 0 fully saturated rings. The van der Waals surface area contributed by atoms with Gasteiger partial charge in [-0.1, -0.05) is 0 Å². The van der Waals surface area contributed by atoms with Gasteiger partial charge in [0.2, 0.25) is 0 Å². The number of hydrogen-bond acceptors (Lipinski definition) is 5. The highest BCUT2D eigenvalue weighted by atomic mass is 16.5. The van der Waals surface area contributed by atoms with Gasteiger partial charge in [-0.3, -0.25) is 4.79 Å². The molecule has 0 bridgehead atoms. The summed E-state index contributed by atoms with van der Waals surface area (Å²) in [6, 6.07) is 1.70. The zero-order valence-electron chi connectivity index (χ0n) is 11.8. The average Bonchev–Trinajstić information content (AvgIpc) is 2.39. The van der Waals surface area contributed by atoms with E-state index in [-0.39, 0.29) is 12.2 Å². The molecule has 0 spiro atoms. The highest BCUT2D eigenvalue weighted by Gasteiger charge is 2.26. The summed E-state index contributed by atoms with van der Waals surface area (Å²) in [7, 11) is 2.98. The van der Waals surface area contributed by atoms with Crippen molar-refractivity contribution in [3.8, 4) is 11.5 Å². The van der Waals surface area contributed by atoms with Crippen molar-refractivity contribution in [2.75, 3.05) is 20.8 Å². The zero-order valence-corrected chi connectivity index (χ0v) is 11.8. The van der Waals surface area contributed by atoms with Crippen molar-refractivity contribution in [1.29, 1.82) is 0 Å². The molecule has 0 saturated heterocycles. The summed E-state index contributed by atoms with van der Waals surface area (Å²) in [5.41, 5.74) is 1.50. The van der Waals surface area contributed by atoms with Crippen LogP contribution in [0.25, 0.3) is 0 Å². The van der Waals surface area contributed by atoms with Crippen LogP contribution in [0.15, 0.2) is 6.07 Å². The largest absolute Gasteiger partial charge is 0.496 e. The molecule has 0 aliphatic heterocycles. The van der Waals surface area contributed by atoms with Gasteiger partial charge in [-0.15, -0.1) is 0 Å². The summed E-state index contributed by atoms with van der Waals surface area (Å²) in [6.45, 7) is 5.28. The molecule has 19 heavy (non-hydrogen) atoms. The minimum Gasteiger partial charge on any atom is -0.496 e. The van der Waals surface area contributed by atoms with Crippen LogP contribution >= 0.6 is 0 Å². The fourth-order valence-corrected chi connectivity index (χ4v) is 1.90. The van der Waals surface area contributed by atoms with Crippen LogP contribution in [0.3, 0.4) is 0 Å². The lowest BCUT2D eigenvalue weighted by molar-refractivity contribution is -0.137. The van der Waals surface area contributed by atoms with E-state index in [4.69, 9.17) is 14.2 Å². The Morgan fingerprint density at radius 3 is 2.26 bits per heavy atom. The normalized spacial score (nSPS) is 9.95. The fraction of sp³-hybridized carbons (Fsp3) is 0.429. The molecule has 104 valence electrons. The van der Waals surface area contributed by atoms with Crippen LogP contribution in [0.2, 0.25) is 0 Å². The van der Waals surface area contributed by atoms with Gasteiger partial charge in [0.1, 0.15) is 11.5 Å². The molecule has 1 aromatic carbocycles. The zero-order chi connectivity index (χ0) is 14.6. The van der Waals surface area contributed by atoms with Crippen LogP contribution in [0.1, 0.15) is 28.4 Å². The summed E-state index contributed by atoms with van der Waals surface area (Å²) in [6.07, 6.45) is 0. The number of hydrogen-bond donors (Lipinski definition) is 0. The molecule has 0 aliphatic carbocycles. The van der Waals surface area contributed by atoms with Gasteiger partial charge in [0.05, 0.1) is 26.4 Å². The molecule has 0 aliphatic rings. The maximum absolute atomic E-state index is 12.1. The molecule has 0 amide bonds. The molecule has 0 saturated carbocycles. The Kier molecular flexibility index (Phi) is 4.92. The molecule has 0 atom stereocenters. The van der Waals surface area contributed by atoms with Crippen molar-refractivity contribution in [3.63, 3.8) is 0 Å². The van der Waals surface area contributed by atoms with E-state index in [1.807, 2.05) is 0 Å². The van der Waals surface area contributed by atoms with Gasteiger partial charge in [-0.25, -0.2) is 4.79 Å². The van der Waals surface area contributed by atoms with Crippen molar-refractivity contribution < 1.29 is 23.8 Å². The summed E-state index contributed by atoms with van der Waals surface area (Å²) < 4.78 is 15.2. The molecule has 5 heteroatoms. The lowest BCUT2D eigenvalue weighted by Crippen LogP contribution is -2.20. The second kappa shape index (κ2) is 6.22. The van der Waals surface area contributed by atoms with Crippen molar-refractivity contribution in [2.24, 2.45) is 0 Å². The first-order valence-corrected chi connectivity index (χ1v) is 5.91. The van der Waals surface area contributed by atoms with Gasteiger partial charge < -0.3 is 14.2 Å². The molecule has 0 unspecified atom stereocenters. The van der Waals surface area contributed by atoms with E-state index in [2.05, 4.69) is 0 Å². The Balaban J connectivity index is 3.39. The lowest BCUT2D eigenvalue weighted by atomic mass is 9.99. The molecule has 1 rings (SSSR count). The molecule has 0 heterocycles. The third kappa shape index (κ3) is 2.86. The molecule has 5 nitrogen and oxygen atoms in total. The lowest BCUT2D eigenvalue weighted by Gasteiger charge is -2.16. The van der Waals surface area contributed by atoms with Crippen molar-refractivity contribution >= 4 is 11.8 Å².